The zero-order valence-corrected chi connectivity index (χ0v) is 12.0. The maximum Gasteiger partial charge on any atom is 0.238 e. The number of hydrogen-bond donors (Lipinski definition) is 0. The fourth-order valence-electron chi connectivity index (χ4n) is 5.03. The fourth-order valence-corrected chi connectivity index (χ4v) is 5.03. The fraction of sp³-hybridized carbons (Fsp3) is 0.444. The van der Waals surface area contributed by atoms with Crippen molar-refractivity contribution in [2.75, 3.05) is 4.90 Å². The number of benzene rings is 1. The van der Waals surface area contributed by atoms with Crippen LogP contribution in [0.1, 0.15) is 18.4 Å². The number of anilines is 1. The molecule has 0 N–H and O–H groups in total. The number of aryl methyl sites for hydroxylation is 1. The number of amides is 2. The van der Waals surface area contributed by atoms with Gasteiger partial charge in [-0.1, -0.05) is 29.8 Å². The normalized spacial score (nSPS) is 37.7. The second-order valence-electron chi connectivity index (χ2n) is 7.07. The number of nitrogens with zero attached hydrogens (tertiary/aromatic N) is 1. The van der Waals surface area contributed by atoms with Crippen molar-refractivity contribution in [2.24, 2.45) is 29.1 Å². The SMILES string of the molecule is Cc1ccc(N2C(=O)[C@@H]3[C@H](C2=O)[C@@H]2C=C[C@H]3C23CC3)cc1. The molecule has 2 saturated carbocycles. The van der Waals surface area contributed by atoms with Crippen molar-refractivity contribution in [3.8, 4) is 0 Å². The molecule has 4 atom stereocenters. The molecule has 3 aliphatic carbocycles. The van der Waals surface area contributed by atoms with Gasteiger partial charge in [-0.25, -0.2) is 0 Å². The summed E-state index contributed by atoms with van der Waals surface area (Å²) in [6.45, 7) is 2.01. The molecule has 106 valence electrons. The van der Waals surface area contributed by atoms with Gasteiger partial charge in [0.2, 0.25) is 11.8 Å². The molecule has 3 fully saturated rings. The van der Waals surface area contributed by atoms with Gasteiger partial charge in [-0.15, -0.1) is 0 Å². The molecule has 1 heterocycles. The Balaban J connectivity index is 1.57. The van der Waals surface area contributed by atoms with E-state index in [9.17, 15) is 9.59 Å². The second kappa shape index (κ2) is 3.46. The summed E-state index contributed by atoms with van der Waals surface area (Å²) in [4.78, 5) is 27.2. The lowest BCUT2D eigenvalue weighted by atomic mass is 9.85. The average Bonchev–Trinajstić information content (AvgIpc) is 3.07. The Bertz CT molecular complexity index is 664. The summed E-state index contributed by atoms with van der Waals surface area (Å²) in [6, 6.07) is 7.68. The predicted molar refractivity (Wildman–Crippen MR) is 78.4 cm³/mol. The largest absolute Gasteiger partial charge is 0.274 e. The van der Waals surface area contributed by atoms with Crippen LogP contribution >= 0.6 is 0 Å². The molecule has 2 amide bonds. The molecule has 2 bridgehead atoms. The smallest absolute Gasteiger partial charge is 0.238 e. The standard InChI is InChI=1S/C18H17NO2/c1-10-2-4-11(5-3-10)19-16(20)14-12-6-7-13(15(14)17(19)21)18(12)8-9-18/h2-7,12-15H,8-9H2,1H3/t12-,13+,14+,15-. The Morgan fingerprint density at radius 2 is 1.48 bits per heavy atom. The van der Waals surface area contributed by atoms with E-state index in [2.05, 4.69) is 12.2 Å². The third-order valence-corrected chi connectivity index (χ3v) is 6.14. The third kappa shape index (κ3) is 1.22. The van der Waals surface area contributed by atoms with Gasteiger partial charge in [0.25, 0.3) is 0 Å². The van der Waals surface area contributed by atoms with E-state index < -0.39 is 0 Å². The van der Waals surface area contributed by atoms with E-state index >= 15 is 0 Å². The van der Waals surface area contributed by atoms with E-state index in [1.165, 1.54) is 17.7 Å². The minimum atomic E-state index is -0.101. The van der Waals surface area contributed by atoms with Crippen LogP contribution in [0.15, 0.2) is 36.4 Å². The van der Waals surface area contributed by atoms with Crippen LogP contribution in [0.4, 0.5) is 5.69 Å². The van der Waals surface area contributed by atoms with Crippen LogP contribution in [-0.4, -0.2) is 11.8 Å². The summed E-state index contributed by atoms with van der Waals surface area (Å²) in [7, 11) is 0. The topological polar surface area (TPSA) is 37.4 Å². The molecule has 1 aromatic carbocycles. The van der Waals surface area contributed by atoms with Crippen LogP contribution in [0.3, 0.4) is 0 Å². The molecule has 1 aromatic rings. The number of imide groups is 1. The highest BCUT2D eigenvalue weighted by atomic mass is 16.2. The zero-order valence-electron chi connectivity index (χ0n) is 12.0. The molecule has 1 aliphatic heterocycles. The number of allylic oxidation sites excluding steroid dienone is 2. The van der Waals surface area contributed by atoms with Crippen molar-refractivity contribution in [3.05, 3.63) is 42.0 Å². The Labute approximate surface area is 123 Å². The van der Waals surface area contributed by atoms with Crippen molar-refractivity contribution in [1.29, 1.82) is 0 Å². The zero-order chi connectivity index (χ0) is 14.4. The minimum absolute atomic E-state index is 0.0250. The van der Waals surface area contributed by atoms with Crippen LogP contribution in [0.2, 0.25) is 0 Å². The highest BCUT2D eigenvalue weighted by Gasteiger charge is 2.73. The molecule has 3 heteroatoms. The van der Waals surface area contributed by atoms with Gasteiger partial charge in [-0.3, -0.25) is 14.5 Å². The molecular formula is C18H17NO2. The van der Waals surface area contributed by atoms with E-state index in [0.29, 0.717) is 11.8 Å². The van der Waals surface area contributed by atoms with Gasteiger partial charge in [0.15, 0.2) is 0 Å². The van der Waals surface area contributed by atoms with Crippen LogP contribution in [0.25, 0.3) is 0 Å². The molecule has 4 aliphatic rings. The lowest BCUT2D eigenvalue weighted by molar-refractivity contribution is -0.123. The highest BCUT2D eigenvalue weighted by Crippen LogP contribution is 2.73. The van der Waals surface area contributed by atoms with Gasteiger partial charge in [0, 0.05) is 0 Å². The quantitative estimate of drug-likeness (QED) is 0.585. The number of carbonyl (C=O) groups excluding carboxylic acids is 2. The molecule has 3 nitrogen and oxygen atoms in total. The first-order chi connectivity index (χ1) is 10.1. The van der Waals surface area contributed by atoms with Crippen LogP contribution in [0, 0.1) is 36.0 Å². The predicted octanol–water partition coefficient (Wildman–Crippen LogP) is 2.70. The Kier molecular flexibility index (Phi) is 1.93. The molecule has 5 rings (SSSR count). The van der Waals surface area contributed by atoms with Gasteiger partial charge in [-0.2, -0.15) is 0 Å². The van der Waals surface area contributed by atoms with Crippen molar-refractivity contribution < 1.29 is 9.59 Å². The summed E-state index contributed by atoms with van der Waals surface area (Å²) in [5, 5.41) is 0. The van der Waals surface area contributed by atoms with Crippen molar-refractivity contribution in [3.63, 3.8) is 0 Å². The molecular weight excluding hydrogens is 262 g/mol. The van der Waals surface area contributed by atoms with E-state index in [-0.39, 0.29) is 29.1 Å². The van der Waals surface area contributed by atoms with Crippen LogP contribution in [0.5, 0.6) is 0 Å². The summed E-state index contributed by atoms with van der Waals surface area (Å²) < 4.78 is 0. The molecule has 21 heavy (non-hydrogen) atoms. The van der Waals surface area contributed by atoms with E-state index in [1.54, 1.807) is 0 Å². The van der Waals surface area contributed by atoms with Crippen molar-refractivity contribution >= 4 is 17.5 Å². The lowest BCUT2D eigenvalue weighted by Crippen LogP contribution is -2.34. The van der Waals surface area contributed by atoms with Gasteiger partial charge in [0.1, 0.15) is 0 Å². The number of fused-ring (bicyclic) bond motifs is 3. The maximum absolute atomic E-state index is 12.9. The van der Waals surface area contributed by atoms with Gasteiger partial charge in [0.05, 0.1) is 17.5 Å². The first kappa shape index (κ1) is 11.7. The molecule has 1 saturated heterocycles. The first-order valence-electron chi connectivity index (χ1n) is 7.76. The average molecular weight is 279 g/mol. The summed E-state index contributed by atoms with van der Waals surface area (Å²) in [5.41, 5.74) is 2.14. The highest BCUT2D eigenvalue weighted by molar-refractivity contribution is 6.23. The number of carbonyl (C=O) groups is 2. The summed E-state index contributed by atoms with van der Waals surface area (Å²) in [5.74, 6) is 0.459. The van der Waals surface area contributed by atoms with Gasteiger partial charge in [-0.05, 0) is 49.1 Å². The minimum Gasteiger partial charge on any atom is -0.274 e. The van der Waals surface area contributed by atoms with Crippen molar-refractivity contribution in [1.82, 2.24) is 0 Å². The second-order valence-corrected chi connectivity index (χ2v) is 7.07. The van der Waals surface area contributed by atoms with Crippen molar-refractivity contribution in [2.45, 2.75) is 19.8 Å². The maximum atomic E-state index is 12.9. The van der Waals surface area contributed by atoms with Crippen LogP contribution in [-0.2, 0) is 9.59 Å². The Hall–Kier alpha value is -1.90. The molecule has 0 aromatic heterocycles. The van der Waals surface area contributed by atoms with E-state index in [4.69, 9.17) is 0 Å². The first-order valence-corrected chi connectivity index (χ1v) is 7.76. The van der Waals surface area contributed by atoms with E-state index in [1.807, 2.05) is 31.2 Å². The summed E-state index contributed by atoms with van der Waals surface area (Å²) in [6.07, 6.45) is 6.80. The van der Waals surface area contributed by atoms with Gasteiger partial charge >= 0.3 is 0 Å². The number of rotatable bonds is 1. The third-order valence-electron chi connectivity index (χ3n) is 6.14. The van der Waals surface area contributed by atoms with Gasteiger partial charge < -0.3 is 0 Å². The van der Waals surface area contributed by atoms with E-state index in [0.717, 1.165) is 11.3 Å². The molecule has 1 spiro atoms. The van der Waals surface area contributed by atoms with Crippen LogP contribution < -0.4 is 4.90 Å². The lowest BCUT2D eigenvalue weighted by Gasteiger charge is -2.21. The monoisotopic (exact) mass is 279 g/mol. The Morgan fingerprint density at radius 3 is 1.95 bits per heavy atom. The number of hydrogen-bond acceptors (Lipinski definition) is 2. The summed E-state index contributed by atoms with van der Waals surface area (Å²) >= 11 is 0. The molecule has 0 radical (unpaired) electrons. The molecule has 0 unspecified atom stereocenters. The Morgan fingerprint density at radius 1 is 0.952 bits per heavy atom.